The van der Waals surface area contributed by atoms with Crippen LogP contribution in [0.25, 0.3) is 0 Å². The highest BCUT2D eigenvalue weighted by Gasteiger charge is 2.15. The van der Waals surface area contributed by atoms with Crippen LogP contribution in [-0.4, -0.2) is 6.54 Å². The van der Waals surface area contributed by atoms with E-state index in [9.17, 15) is 8.78 Å². The Morgan fingerprint density at radius 1 is 1.19 bits per heavy atom. The zero-order valence-electron chi connectivity index (χ0n) is 10.1. The smallest absolute Gasteiger partial charge is 0.128 e. The van der Waals surface area contributed by atoms with Crippen molar-refractivity contribution < 1.29 is 8.78 Å². The summed E-state index contributed by atoms with van der Waals surface area (Å²) in [7, 11) is 0. The first-order valence-electron chi connectivity index (χ1n) is 5.79. The zero-order valence-corrected chi connectivity index (χ0v) is 10.1. The van der Waals surface area contributed by atoms with Gasteiger partial charge in [-0.05, 0) is 44.0 Å². The monoisotopic (exact) mass is 227 g/mol. The number of benzene rings is 1. The second-order valence-electron chi connectivity index (χ2n) is 4.04. The van der Waals surface area contributed by atoms with Gasteiger partial charge in [-0.1, -0.05) is 13.8 Å². The van der Waals surface area contributed by atoms with Crippen LogP contribution >= 0.6 is 0 Å². The summed E-state index contributed by atoms with van der Waals surface area (Å²) in [6, 6.07) is 2.47. The molecule has 0 aliphatic heterocycles. The van der Waals surface area contributed by atoms with Crippen molar-refractivity contribution in [1.29, 1.82) is 0 Å². The van der Waals surface area contributed by atoms with Crippen LogP contribution in [0.1, 0.15) is 43.9 Å². The van der Waals surface area contributed by atoms with Crippen molar-refractivity contribution in [3.63, 3.8) is 0 Å². The maximum atomic E-state index is 13.7. The van der Waals surface area contributed by atoms with E-state index in [0.717, 1.165) is 19.4 Å². The summed E-state index contributed by atoms with van der Waals surface area (Å²) < 4.78 is 27.1. The van der Waals surface area contributed by atoms with E-state index in [-0.39, 0.29) is 17.7 Å². The van der Waals surface area contributed by atoms with Crippen molar-refractivity contribution in [3.8, 4) is 0 Å². The first-order valence-corrected chi connectivity index (χ1v) is 5.79. The summed E-state index contributed by atoms with van der Waals surface area (Å²) in [5, 5.41) is 3.22. The SMILES string of the molecule is CCCNC(CC)c1cc(F)c(C)cc1F. The van der Waals surface area contributed by atoms with E-state index in [0.29, 0.717) is 11.1 Å². The Morgan fingerprint density at radius 2 is 1.88 bits per heavy atom. The highest BCUT2D eigenvalue weighted by Crippen LogP contribution is 2.23. The van der Waals surface area contributed by atoms with E-state index in [1.165, 1.54) is 12.1 Å². The molecule has 0 heterocycles. The average Bonchev–Trinajstić information content (AvgIpc) is 2.26. The molecule has 1 atom stereocenters. The Balaban J connectivity index is 2.95. The number of nitrogens with one attached hydrogen (secondary N) is 1. The average molecular weight is 227 g/mol. The van der Waals surface area contributed by atoms with Gasteiger partial charge in [-0.15, -0.1) is 0 Å². The summed E-state index contributed by atoms with van der Waals surface area (Å²) in [5.41, 5.74) is 0.783. The fourth-order valence-corrected chi connectivity index (χ4v) is 1.72. The van der Waals surface area contributed by atoms with E-state index in [1.54, 1.807) is 6.92 Å². The van der Waals surface area contributed by atoms with Gasteiger partial charge in [0.15, 0.2) is 0 Å². The first kappa shape index (κ1) is 13.1. The van der Waals surface area contributed by atoms with Crippen molar-refractivity contribution in [1.82, 2.24) is 5.32 Å². The molecule has 0 aromatic heterocycles. The van der Waals surface area contributed by atoms with Crippen LogP contribution in [0.3, 0.4) is 0 Å². The predicted molar refractivity (Wildman–Crippen MR) is 62.4 cm³/mol. The Bertz CT molecular complexity index is 350. The van der Waals surface area contributed by atoms with Crippen LogP contribution in [0, 0.1) is 18.6 Å². The van der Waals surface area contributed by atoms with Gasteiger partial charge in [-0.2, -0.15) is 0 Å². The lowest BCUT2D eigenvalue weighted by Crippen LogP contribution is -2.22. The molecule has 1 aromatic rings. The molecule has 0 amide bonds. The molecule has 1 unspecified atom stereocenters. The van der Waals surface area contributed by atoms with E-state index >= 15 is 0 Å². The van der Waals surface area contributed by atoms with Crippen molar-refractivity contribution in [2.45, 2.75) is 39.7 Å². The first-order chi connectivity index (χ1) is 7.60. The van der Waals surface area contributed by atoms with Gasteiger partial charge in [-0.25, -0.2) is 8.78 Å². The fourth-order valence-electron chi connectivity index (χ4n) is 1.72. The third-order valence-corrected chi connectivity index (χ3v) is 2.70. The molecule has 1 nitrogen and oxygen atoms in total. The molecule has 3 heteroatoms. The molecular formula is C13H19F2N. The van der Waals surface area contributed by atoms with Crippen LogP contribution in [0.5, 0.6) is 0 Å². The van der Waals surface area contributed by atoms with Gasteiger partial charge in [0.25, 0.3) is 0 Å². The summed E-state index contributed by atoms with van der Waals surface area (Å²) in [6.07, 6.45) is 1.73. The Kier molecular flexibility index (Phi) is 4.87. The van der Waals surface area contributed by atoms with Crippen LogP contribution in [0.15, 0.2) is 12.1 Å². The maximum Gasteiger partial charge on any atom is 0.128 e. The van der Waals surface area contributed by atoms with Crippen molar-refractivity contribution in [3.05, 3.63) is 34.9 Å². The van der Waals surface area contributed by atoms with E-state index in [4.69, 9.17) is 0 Å². The summed E-state index contributed by atoms with van der Waals surface area (Å²) >= 11 is 0. The Hall–Kier alpha value is -0.960. The molecule has 0 aliphatic carbocycles. The van der Waals surface area contributed by atoms with Crippen molar-refractivity contribution in [2.24, 2.45) is 0 Å². The lowest BCUT2D eigenvalue weighted by Gasteiger charge is -2.18. The summed E-state index contributed by atoms with van der Waals surface area (Å²) in [5.74, 6) is -0.664. The maximum absolute atomic E-state index is 13.7. The fraction of sp³-hybridized carbons (Fsp3) is 0.538. The lowest BCUT2D eigenvalue weighted by molar-refractivity contribution is 0.481. The Labute approximate surface area is 95.9 Å². The molecule has 1 N–H and O–H groups in total. The highest BCUT2D eigenvalue weighted by molar-refractivity contribution is 5.27. The molecule has 0 saturated heterocycles. The van der Waals surface area contributed by atoms with Gasteiger partial charge in [-0.3, -0.25) is 0 Å². The topological polar surface area (TPSA) is 12.0 Å². The van der Waals surface area contributed by atoms with Gasteiger partial charge in [0, 0.05) is 11.6 Å². The third kappa shape index (κ3) is 3.01. The van der Waals surface area contributed by atoms with E-state index < -0.39 is 0 Å². The number of halogens is 2. The van der Waals surface area contributed by atoms with Crippen LogP contribution in [-0.2, 0) is 0 Å². The molecule has 0 bridgehead atoms. The van der Waals surface area contributed by atoms with Gasteiger partial charge in [0.2, 0.25) is 0 Å². The van der Waals surface area contributed by atoms with Crippen molar-refractivity contribution >= 4 is 0 Å². The molecular weight excluding hydrogens is 208 g/mol. The molecule has 1 aromatic carbocycles. The van der Waals surface area contributed by atoms with Gasteiger partial charge in [0.05, 0.1) is 0 Å². The standard InChI is InChI=1S/C13H19F2N/c1-4-6-16-13(5-2)10-8-11(14)9(3)7-12(10)15/h7-8,13,16H,4-6H2,1-3H3. The quantitative estimate of drug-likeness (QED) is 0.808. The number of hydrogen-bond donors (Lipinski definition) is 1. The predicted octanol–water partition coefficient (Wildman–Crippen LogP) is 3.72. The molecule has 0 radical (unpaired) electrons. The minimum atomic E-state index is -0.340. The molecule has 0 spiro atoms. The largest absolute Gasteiger partial charge is 0.310 e. The molecule has 0 saturated carbocycles. The van der Waals surface area contributed by atoms with E-state index in [2.05, 4.69) is 5.32 Å². The van der Waals surface area contributed by atoms with Gasteiger partial charge in [0.1, 0.15) is 11.6 Å². The zero-order chi connectivity index (χ0) is 12.1. The van der Waals surface area contributed by atoms with Crippen LogP contribution in [0.2, 0.25) is 0 Å². The summed E-state index contributed by atoms with van der Waals surface area (Å²) in [6.45, 7) is 6.40. The molecule has 16 heavy (non-hydrogen) atoms. The van der Waals surface area contributed by atoms with Crippen LogP contribution in [0.4, 0.5) is 8.78 Å². The highest BCUT2D eigenvalue weighted by atomic mass is 19.1. The molecule has 0 fully saturated rings. The van der Waals surface area contributed by atoms with Crippen molar-refractivity contribution in [2.75, 3.05) is 6.54 Å². The number of aryl methyl sites for hydroxylation is 1. The molecule has 90 valence electrons. The van der Waals surface area contributed by atoms with E-state index in [1.807, 2.05) is 13.8 Å². The van der Waals surface area contributed by atoms with Crippen LogP contribution < -0.4 is 5.32 Å². The van der Waals surface area contributed by atoms with Gasteiger partial charge >= 0.3 is 0 Å². The Morgan fingerprint density at radius 3 is 2.44 bits per heavy atom. The third-order valence-electron chi connectivity index (χ3n) is 2.70. The molecule has 0 aliphatic rings. The lowest BCUT2D eigenvalue weighted by atomic mass is 10.0. The van der Waals surface area contributed by atoms with Gasteiger partial charge < -0.3 is 5.32 Å². The number of rotatable bonds is 5. The number of hydrogen-bond acceptors (Lipinski definition) is 1. The second kappa shape index (κ2) is 5.94. The minimum Gasteiger partial charge on any atom is -0.310 e. The molecule has 1 rings (SSSR count). The normalized spacial score (nSPS) is 12.8. The minimum absolute atomic E-state index is 0.102. The second-order valence-corrected chi connectivity index (χ2v) is 4.04. The summed E-state index contributed by atoms with van der Waals surface area (Å²) in [4.78, 5) is 0.